The van der Waals surface area contributed by atoms with Gasteiger partial charge in [-0.2, -0.15) is 4.98 Å². The molecular weight excluding hydrogens is 328 g/mol. The number of methoxy groups -OCH3 is 2. The molecule has 0 bridgehead atoms. The van der Waals surface area contributed by atoms with E-state index in [1.165, 1.54) is 19.3 Å². The second kappa shape index (κ2) is 8.74. The Morgan fingerprint density at radius 3 is 2.77 bits per heavy atom. The SMILES string of the molecule is CCC1CCCCN1c1ccnc(NCc2ccc(OC)c(OC)c2)n1. The van der Waals surface area contributed by atoms with Crippen molar-refractivity contribution in [3.8, 4) is 11.5 Å². The van der Waals surface area contributed by atoms with E-state index in [4.69, 9.17) is 14.5 Å². The zero-order valence-electron chi connectivity index (χ0n) is 15.9. The lowest BCUT2D eigenvalue weighted by Crippen LogP contribution is -2.39. The van der Waals surface area contributed by atoms with Gasteiger partial charge in [0, 0.05) is 25.3 Å². The van der Waals surface area contributed by atoms with Crippen LogP contribution in [0.15, 0.2) is 30.5 Å². The van der Waals surface area contributed by atoms with Gasteiger partial charge in [0.15, 0.2) is 11.5 Å². The van der Waals surface area contributed by atoms with Gasteiger partial charge in [-0.1, -0.05) is 13.0 Å². The Morgan fingerprint density at radius 1 is 1.15 bits per heavy atom. The molecule has 1 atom stereocenters. The van der Waals surface area contributed by atoms with Gasteiger partial charge in [0.25, 0.3) is 0 Å². The summed E-state index contributed by atoms with van der Waals surface area (Å²) < 4.78 is 10.6. The van der Waals surface area contributed by atoms with Crippen LogP contribution in [-0.4, -0.2) is 36.8 Å². The van der Waals surface area contributed by atoms with E-state index in [1.807, 2.05) is 30.5 Å². The number of hydrogen-bond acceptors (Lipinski definition) is 6. The molecule has 0 saturated carbocycles. The van der Waals surface area contributed by atoms with Gasteiger partial charge < -0.3 is 19.7 Å². The normalized spacial score (nSPS) is 17.0. The summed E-state index contributed by atoms with van der Waals surface area (Å²) in [7, 11) is 3.28. The lowest BCUT2D eigenvalue weighted by atomic mass is 10.0. The highest BCUT2D eigenvalue weighted by molar-refractivity contribution is 5.46. The fourth-order valence-corrected chi connectivity index (χ4v) is 3.49. The maximum atomic E-state index is 5.36. The van der Waals surface area contributed by atoms with Gasteiger partial charge in [-0.15, -0.1) is 0 Å². The summed E-state index contributed by atoms with van der Waals surface area (Å²) in [5.41, 5.74) is 1.08. The van der Waals surface area contributed by atoms with Crippen LogP contribution in [0.25, 0.3) is 0 Å². The van der Waals surface area contributed by atoms with Gasteiger partial charge in [-0.25, -0.2) is 4.98 Å². The molecule has 1 aromatic heterocycles. The fraction of sp³-hybridized carbons (Fsp3) is 0.500. The molecule has 6 heteroatoms. The molecule has 6 nitrogen and oxygen atoms in total. The first-order valence-electron chi connectivity index (χ1n) is 9.29. The summed E-state index contributed by atoms with van der Waals surface area (Å²) in [4.78, 5) is 11.5. The van der Waals surface area contributed by atoms with E-state index in [9.17, 15) is 0 Å². The van der Waals surface area contributed by atoms with E-state index in [0.29, 0.717) is 18.5 Å². The average molecular weight is 356 g/mol. The lowest BCUT2D eigenvalue weighted by molar-refractivity contribution is 0.354. The first-order valence-corrected chi connectivity index (χ1v) is 9.29. The molecule has 1 N–H and O–H groups in total. The van der Waals surface area contributed by atoms with Crippen molar-refractivity contribution in [3.05, 3.63) is 36.0 Å². The summed E-state index contributed by atoms with van der Waals surface area (Å²) in [5.74, 6) is 3.12. The standard InChI is InChI=1S/C20H28N4O2/c1-4-16-7-5-6-12-24(16)19-10-11-21-20(23-19)22-14-15-8-9-17(25-2)18(13-15)26-3/h8-11,13,16H,4-7,12,14H2,1-3H3,(H,21,22,23). The fourth-order valence-electron chi connectivity index (χ4n) is 3.49. The zero-order valence-corrected chi connectivity index (χ0v) is 15.9. The maximum absolute atomic E-state index is 5.36. The Morgan fingerprint density at radius 2 is 2.00 bits per heavy atom. The van der Waals surface area contributed by atoms with Crippen molar-refractivity contribution in [1.29, 1.82) is 0 Å². The van der Waals surface area contributed by atoms with Crippen LogP contribution in [0.4, 0.5) is 11.8 Å². The van der Waals surface area contributed by atoms with Crippen LogP contribution in [0.3, 0.4) is 0 Å². The Labute approximate surface area is 155 Å². The molecule has 1 aliphatic rings. The Bertz CT molecular complexity index is 723. The number of piperidine rings is 1. The summed E-state index contributed by atoms with van der Waals surface area (Å²) >= 11 is 0. The zero-order chi connectivity index (χ0) is 18.4. The van der Waals surface area contributed by atoms with E-state index in [2.05, 4.69) is 22.1 Å². The molecule has 1 fully saturated rings. The first-order chi connectivity index (χ1) is 12.7. The van der Waals surface area contributed by atoms with Gasteiger partial charge in [0.2, 0.25) is 5.95 Å². The molecule has 3 rings (SSSR count). The molecule has 2 aromatic rings. The summed E-state index contributed by atoms with van der Waals surface area (Å²) in [6.45, 7) is 3.95. The minimum atomic E-state index is 0.581. The second-order valence-electron chi connectivity index (χ2n) is 6.53. The van der Waals surface area contributed by atoms with Crippen molar-refractivity contribution < 1.29 is 9.47 Å². The van der Waals surface area contributed by atoms with Crippen LogP contribution in [0.2, 0.25) is 0 Å². The number of benzene rings is 1. The van der Waals surface area contributed by atoms with Crippen LogP contribution in [0.1, 0.15) is 38.2 Å². The molecule has 1 unspecified atom stereocenters. The molecule has 0 radical (unpaired) electrons. The van der Waals surface area contributed by atoms with Gasteiger partial charge in [0.05, 0.1) is 14.2 Å². The maximum Gasteiger partial charge on any atom is 0.224 e. The second-order valence-corrected chi connectivity index (χ2v) is 6.53. The Hall–Kier alpha value is -2.50. The molecule has 1 aliphatic heterocycles. The molecule has 140 valence electrons. The quantitative estimate of drug-likeness (QED) is 0.812. The Balaban J connectivity index is 1.69. The monoisotopic (exact) mass is 356 g/mol. The highest BCUT2D eigenvalue weighted by atomic mass is 16.5. The van der Waals surface area contributed by atoms with E-state index in [1.54, 1.807) is 14.2 Å². The Kier molecular flexibility index (Phi) is 6.15. The predicted octanol–water partition coefficient (Wildman–Crippen LogP) is 3.87. The molecular formula is C20H28N4O2. The van der Waals surface area contributed by atoms with Gasteiger partial charge in [-0.3, -0.25) is 0 Å². The van der Waals surface area contributed by atoms with Crippen molar-refractivity contribution in [1.82, 2.24) is 9.97 Å². The number of nitrogens with one attached hydrogen (secondary N) is 1. The smallest absolute Gasteiger partial charge is 0.224 e. The van der Waals surface area contributed by atoms with Gasteiger partial charge in [-0.05, 0) is 49.4 Å². The van der Waals surface area contributed by atoms with Gasteiger partial charge in [0.1, 0.15) is 5.82 Å². The largest absolute Gasteiger partial charge is 0.493 e. The first kappa shape index (κ1) is 18.3. The molecule has 0 aliphatic carbocycles. The minimum Gasteiger partial charge on any atom is -0.493 e. The highest BCUT2D eigenvalue weighted by Crippen LogP contribution is 2.28. The van der Waals surface area contributed by atoms with E-state index in [0.717, 1.165) is 35.8 Å². The van der Waals surface area contributed by atoms with Crippen molar-refractivity contribution in [3.63, 3.8) is 0 Å². The third kappa shape index (κ3) is 4.18. The highest BCUT2D eigenvalue weighted by Gasteiger charge is 2.22. The van der Waals surface area contributed by atoms with Crippen LogP contribution in [0.5, 0.6) is 11.5 Å². The van der Waals surface area contributed by atoms with E-state index < -0.39 is 0 Å². The predicted molar refractivity (Wildman–Crippen MR) is 104 cm³/mol. The number of ether oxygens (including phenoxy) is 2. The number of nitrogens with zero attached hydrogens (tertiary/aromatic N) is 3. The molecule has 1 aromatic carbocycles. The third-order valence-corrected chi connectivity index (χ3v) is 4.93. The summed E-state index contributed by atoms with van der Waals surface area (Å²) in [5, 5.41) is 3.32. The molecule has 1 saturated heterocycles. The topological polar surface area (TPSA) is 59.5 Å². The van der Waals surface area contributed by atoms with E-state index >= 15 is 0 Å². The van der Waals surface area contributed by atoms with Crippen LogP contribution < -0.4 is 19.7 Å². The van der Waals surface area contributed by atoms with Crippen LogP contribution in [0, 0.1) is 0 Å². The van der Waals surface area contributed by atoms with Crippen molar-refractivity contribution in [2.45, 2.75) is 45.2 Å². The van der Waals surface area contributed by atoms with Crippen molar-refractivity contribution in [2.75, 3.05) is 31.0 Å². The van der Waals surface area contributed by atoms with E-state index in [-0.39, 0.29) is 0 Å². The molecule has 0 spiro atoms. The van der Waals surface area contributed by atoms with Crippen LogP contribution >= 0.6 is 0 Å². The number of hydrogen-bond donors (Lipinski definition) is 1. The minimum absolute atomic E-state index is 0.581. The average Bonchev–Trinajstić information content (AvgIpc) is 2.72. The number of aromatic nitrogens is 2. The molecule has 26 heavy (non-hydrogen) atoms. The number of rotatable bonds is 7. The van der Waals surface area contributed by atoms with Crippen molar-refractivity contribution in [2.24, 2.45) is 0 Å². The third-order valence-electron chi connectivity index (χ3n) is 4.93. The van der Waals surface area contributed by atoms with Crippen molar-refractivity contribution >= 4 is 11.8 Å². The molecule has 2 heterocycles. The number of anilines is 2. The van der Waals surface area contributed by atoms with Gasteiger partial charge >= 0.3 is 0 Å². The lowest BCUT2D eigenvalue weighted by Gasteiger charge is -2.36. The van der Waals surface area contributed by atoms with Crippen LogP contribution in [-0.2, 0) is 6.54 Å². The molecule has 0 amide bonds. The summed E-state index contributed by atoms with van der Waals surface area (Å²) in [6, 6.07) is 8.48. The summed E-state index contributed by atoms with van der Waals surface area (Å²) in [6.07, 6.45) is 6.77.